The molecule has 90 valence electrons. The van der Waals surface area contributed by atoms with Gasteiger partial charge in [-0.25, -0.2) is 4.79 Å². The molecule has 0 radical (unpaired) electrons. The van der Waals surface area contributed by atoms with Crippen molar-refractivity contribution in [1.29, 1.82) is 0 Å². The third-order valence-corrected chi connectivity index (χ3v) is 2.13. The van der Waals surface area contributed by atoms with E-state index in [1.54, 1.807) is 13.0 Å². The van der Waals surface area contributed by atoms with E-state index in [0.29, 0.717) is 11.1 Å². The minimum atomic E-state index is -0.558. The first-order valence-electron chi connectivity index (χ1n) is 4.76. The molecule has 0 saturated heterocycles. The predicted octanol–water partition coefficient (Wildman–Crippen LogP) is 1.67. The summed E-state index contributed by atoms with van der Waals surface area (Å²) in [6.07, 6.45) is 2.55. The van der Waals surface area contributed by atoms with Gasteiger partial charge < -0.3 is 10.5 Å². The van der Waals surface area contributed by atoms with Crippen molar-refractivity contribution >= 4 is 23.4 Å². The van der Waals surface area contributed by atoms with Gasteiger partial charge in [0.15, 0.2) is 0 Å². The largest absolute Gasteiger partial charge is 0.466 e. The quantitative estimate of drug-likeness (QED) is 0.283. The first-order valence-corrected chi connectivity index (χ1v) is 4.76. The van der Waals surface area contributed by atoms with E-state index in [1.165, 1.54) is 19.3 Å². The number of ether oxygens (including phenoxy) is 1. The number of nitrogens with two attached hydrogens (primary N) is 1. The van der Waals surface area contributed by atoms with Crippen molar-refractivity contribution in [1.82, 2.24) is 0 Å². The van der Waals surface area contributed by atoms with Crippen LogP contribution in [0, 0.1) is 17.0 Å². The molecule has 0 aliphatic rings. The maximum Gasteiger partial charge on any atom is 0.330 e. The van der Waals surface area contributed by atoms with Crippen LogP contribution < -0.4 is 5.73 Å². The topological polar surface area (TPSA) is 95.5 Å². The van der Waals surface area contributed by atoms with Crippen LogP contribution in [0.2, 0.25) is 0 Å². The number of nitrogen functional groups attached to an aromatic ring is 1. The van der Waals surface area contributed by atoms with Crippen LogP contribution in [0.4, 0.5) is 11.4 Å². The Labute approximate surface area is 97.8 Å². The Balaban J connectivity index is 3.21. The zero-order valence-electron chi connectivity index (χ0n) is 9.47. The average Bonchev–Trinajstić information content (AvgIpc) is 2.28. The molecule has 17 heavy (non-hydrogen) atoms. The summed E-state index contributed by atoms with van der Waals surface area (Å²) in [5.74, 6) is -0.548. The lowest BCUT2D eigenvalue weighted by molar-refractivity contribution is -0.383. The smallest absolute Gasteiger partial charge is 0.330 e. The second-order valence-electron chi connectivity index (χ2n) is 3.40. The number of nitro groups is 1. The molecule has 1 aromatic carbocycles. The molecule has 6 heteroatoms. The van der Waals surface area contributed by atoms with Crippen molar-refractivity contribution in [2.24, 2.45) is 0 Å². The number of aryl methyl sites for hydroxylation is 1. The molecule has 0 atom stereocenters. The van der Waals surface area contributed by atoms with Gasteiger partial charge in [-0.05, 0) is 24.6 Å². The molecule has 0 fully saturated rings. The number of carbonyl (C=O) groups excluding carboxylic acids is 1. The number of carbonyl (C=O) groups is 1. The highest BCUT2D eigenvalue weighted by atomic mass is 16.6. The fourth-order valence-corrected chi connectivity index (χ4v) is 1.32. The van der Waals surface area contributed by atoms with Gasteiger partial charge in [-0.2, -0.15) is 0 Å². The van der Waals surface area contributed by atoms with E-state index < -0.39 is 10.9 Å². The zero-order valence-corrected chi connectivity index (χ0v) is 9.47. The van der Waals surface area contributed by atoms with Gasteiger partial charge in [0.25, 0.3) is 5.69 Å². The summed E-state index contributed by atoms with van der Waals surface area (Å²) in [6, 6.07) is 3.03. The Kier molecular flexibility index (Phi) is 3.82. The Bertz CT molecular complexity index is 494. The molecular weight excluding hydrogens is 224 g/mol. The van der Waals surface area contributed by atoms with Crippen LogP contribution in [-0.4, -0.2) is 18.0 Å². The van der Waals surface area contributed by atoms with E-state index in [4.69, 9.17) is 5.73 Å². The zero-order chi connectivity index (χ0) is 13.0. The molecule has 0 saturated carbocycles. The van der Waals surface area contributed by atoms with Crippen molar-refractivity contribution in [3.05, 3.63) is 39.4 Å². The number of rotatable bonds is 3. The predicted molar refractivity (Wildman–Crippen MR) is 63.3 cm³/mol. The second-order valence-corrected chi connectivity index (χ2v) is 3.40. The van der Waals surface area contributed by atoms with E-state index in [9.17, 15) is 14.9 Å². The summed E-state index contributed by atoms with van der Waals surface area (Å²) in [6.45, 7) is 1.71. The van der Waals surface area contributed by atoms with Crippen molar-refractivity contribution < 1.29 is 14.5 Å². The summed E-state index contributed by atoms with van der Waals surface area (Å²) in [5, 5.41) is 10.7. The van der Waals surface area contributed by atoms with E-state index in [-0.39, 0.29) is 11.4 Å². The summed E-state index contributed by atoms with van der Waals surface area (Å²) >= 11 is 0. The van der Waals surface area contributed by atoms with Gasteiger partial charge in [0.2, 0.25) is 0 Å². The number of methoxy groups -OCH3 is 1. The molecular formula is C11H12N2O4. The molecule has 0 amide bonds. The first-order chi connectivity index (χ1) is 7.95. The molecule has 0 heterocycles. The monoisotopic (exact) mass is 236 g/mol. The molecule has 0 aliphatic carbocycles. The summed E-state index contributed by atoms with van der Waals surface area (Å²) < 4.78 is 4.42. The number of anilines is 1. The molecule has 0 bridgehead atoms. The fraction of sp³-hybridized carbons (Fsp3) is 0.182. The molecule has 0 aliphatic heterocycles. The van der Waals surface area contributed by atoms with Crippen molar-refractivity contribution in [3.63, 3.8) is 0 Å². The highest BCUT2D eigenvalue weighted by molar-refractivity contribution is 5.89. The summed E-state index contributed by atoms with van der Waals surface area (Å²) in [7, 11) is 1.24. The van der Waals surface area contributed by atoms with Gasteiger partial charge in [0, 0.05) is 17.7 Å². The van der Waals surface area contributed by atoms with Crippen LogP contribution in [0.25, 0.3) is 6.08 Å². The number of benzene rings is 1. The SMILES string of the molecule is COC(=O)C=Cc1cc(C)cc([N+](=O)[O-])c1N. The molecule has 0 aromatic heterocycles. The van der Waals surface area contributed by atoms with Crippen LogP contribution in [0.3, 0.4) is 0 Å². The van der Waals surface area contributed by atoms with Crippen LogP contribution >= 0.6 is 0 Å². The highest BCUT2D eigenvalue weighted by Gasteiger charge is 2.14. The maximum absolute atomic E-state index is 10.9. The van der Waals surface area contributed by atoms with Gasteiger partial charge in [0.1, 0.15) is 5.69 Å². The fourth-order valence-electron chi connectivity index (χ4n) is 1.32. The third kappa shape index (κ3) is 3.04. The van der Waals surface area contributed by atoms with Crippen molar-refractivity contribution in [2.45, 2.75) is 6.92 Å². The van der Waals surface area contributed by atoms with E-state index >= 15 is 0 Å². The Hall–Kier alpha value is -2.37. The average molecular weight is 236 g/mol. The Morgan fingerprint density at radius 3 is 2.71 bits per heavy atom. The van der Waals surface area contributed by atoms with E-state index in [0.717, 1.165) is 6.08 Å². The number of nitrogens with zero attached hydrogens (tertiary/aromatic N) is 1. The van der Waals surface area contributed by atoms with Gasteiger partial charge >= 0.3 is 5.97 Å². The highest BCUT2D eigenvalue weighted by Crippen LogP contribution is 2.27. The van der Waals surface area contributed by atoms with Crippen molar-refractivity contribution in [3.8, 4) is 0 Å². The first kappa shape index (κ1) is 12.7. The lowest BCUT2D eigenvalue weighted by atomic mass is 10.1. The molecule has 0 spiro atoms. The minimum Gasteiger partial charge on any atom is -0.466 e. The van der Waals surface area contributed by atoms with Gasteiger partial charge in [-0.1, -0.05) is 0 Å². The summed E-state index contributed by atoms with van der Waals surface area (Å²) in [4.78, 5) is 21.1. The van der Waals surface area contributed by atoms with Crippen LogP contribution in [-0.2, 0) is 9.53 Å². The molecule has 1 aromatic rings. The van der Waals surface area contributed by atoms with Crippen molar-refractivity contribution in [2.75, 3.05) is 12.8 Å². The maximum atomic E-state index is 10.9. The number of hydrogen-bond acceptors (Lipinski definition) is 5. The van der Waals surface area contributed by atoms with Gasteiger partial charge in [0.05, 0.1) is 12.0 Å². The Morgan fingerprint density at radius 1 is 1.53 bits per heavy atom. The number of hydrogen-bond donors (Lipinski definition) is 1. The van der Waals surface area contributed by atoms with E-state index in [2.05, 4.69) is 4.74 Å². The van der Waals surface area contributed by atoms with Crippen LogP contribution in [0.5, 0.6) is 0 Å². The van der Waals surface area contributed by atoms with Gasteiger partial charge in [-0.3, -0.25) is 10.1 Å². The number of esters is 1. The number of nitro benzene ring substituents is 1. The second kappa shape index (κ2) is 5.11. The summed E-state index contributed by atoms with van der Waals surface area (Å²) in [5.41, 5.74) is 6.60. The molecule has 2 N–H and O–H groups in total. The molecule has 1 rings (SSSR count). The minimum absolute atomic E-state index is 0.0285. The van der Waals surface area contributed by atoms with E-state index in [1.807, 2.05) is 0 Å². The molecule has 0 unspecified atom stereocenters. The standard InChI is InChI=1S/C11H12N2O4/c1-7-5-8(3-4-10(14)17-2)11(12)9(6-7)13(15)16/h3-6H,12H2,1-2H3. The van der Waals surface area contributed by atoms with Crippen LogP contribution in [0.15, 0.2) is 18.2 Å². The lowest BCUT2D eigenvalue weighted by Crippen LogP contribution is -1.99. The van der Waals surface area contributed by atoms with Gasteiger partial charge in [-0.15, -0.1) is 0 Å². The Morgan fingerprint density at radius 2 is 2.18 bits per heavy atom. The normalized spacial score (nSPS) is 10.5. The molecule has 6 nitrogen and oxygen atoms in total. The lowest BCUT2D eigenvalue weighted by Gasteiger charge is -2.03. The van der Waals surface area contributed by atoms with Crippen LogP contribution in [0.1, 0.15) is 11.1 Å². The third-order valence-electron chi connectivity index (χ3n) is 2.13.